The van der Waals surface area contributed by atoms with Gasteiger partial charge in [0.15, 0.2) is 0 Å². The highest BCUT2D eigenvalue weighted by molar-refractivity contribution is 5.81. The highest BCUT2D eigenvalue weighted by Crippen LogP contribution is 2.21. The van der Waals surface area contributed by atoms with E-state index in [1.165, 1.54) is 0 Å². The van der Waals surface area contributed by atoms with E-state index in [0.717, 1.165) is 23.5 Å². The Labute approximate surface area is 142 Å². The van der Waals surface area contributed by atoms with Crippen LogP contribution in [0.4, 0.5) is 0 Å². The highest BCUT2D eigenvalue weighted by Gasteiger charge is 2.28. The van der Waals surface area contributed by atoms with Crippen LogP contribution in [0.25, 0.3) is 0 Å². The second-order valence-electron chi connectivity index (χ2n) is 6.23. The minimum absolute atomic E-state index is 0.108. The number of carbonyl (C=O) groups excluding carboxylic acids is 1. The molecule has 1 fully saturated rings. The average Bonchev–Trinajstić information content (AvgIpc) is 3.03. The molecule has 126 valence electrons. The SMILES string of the molecule is CC1CC(C(=O)N(C)Cc2ccc(Oc3ccccc3)cc2)NN1. The Balaban J connectivity index is 1.56. The smallest absolute Gasteiger partial charge is 0.241 e. The Morgan fingerprint density at radius 1 is 1.08 bits per heavy atom. The van der Waals surface area contributed by atoms with Crippen molar-refractivity contribution in [2.75, 3.05) is 7.05 Å². The van der Waals surface area contributed by atoms with E-state index in [4.69, 9.17) is 4.74 Å². The summed E-state index contributed by atoms with van der Waals surface area (Å²) in [6, 6.07) is 17.7. The lowest BCUT2D eigenvalue weighted by atomic mass is 10.1. The fraction of sp³-hybridized carbons (Fsp3) is 0.316. The molecule has 0 saturated carbocycles. The van der Waals surface area contributed by atoms with Crippen LogP contribution in [0.1, 0.15) is 18.9 Å². The largest absolute Gasteiger partial charge is 0.457 e. The van der Waals surface area contributed by atoms with Crippen molar-refractivity contribution in [3.8, 4) is 11.5 Å². The number of nitrogens with one attached hydrogen (secondary N) is 2. The molecule has 0 spiro atoms. The van der Waals surface area contributed by atoms with Gasteiger partial charge in [-0.1, -0.05) is 30.3 Å². The number of benzene rings is 2. The molecule has 2 atom stereocenters. The molecule has 2 aromatic carbocycles. The van der Waals surface area contributed by atoms with Crippen LogP contribution in [-0.4, -0.2) is 29.9 Å². The lowest BCUT2D eigenvalue weighted by Crippen LogP contribution is -2.43. The van der Waals surface area contributed by atoms with Crippen LogP contribution in [-0.2, 0) is 11.3 Å². The molecule has 2 N–H and O–H groups in total. The zero-order chi connectivity index (χ0) is 16.9. The Hall–Kier alpha value is -2.37. The molecule has 1 amide bonds. The lowest BCUT2D eigenvalue weighted by molar-refractivity contribution is -0.132. The molecule has 2 unspecified atom stereocenters. The van der Waals surface area contributed by atoms with Crippen LogP contribution < -0.4 is 15.6 Å². The Morgan fingerprint density at radius 2 is 1.75 bits per heavy atom. The second-order valence-corrected chi connectivity index (χ2v) is 6.23. The van der Waals surface area contributed by atoms with E-state index in [9.17, 15) is 4.79 Å². The number of ether oxygens (including phenoxy) is 1. The third-order valence-electron chi connectivity index (χ3n) is 4.09. The third kappa shape index (κ3) is 4.13. The van der Waals surface area contributed by atoms with E-state index in [1.54, 1.807) is 4.90 Å². The van der Waals surface area contributed by atoms with E-state index in [-0.39, 0.29) is 11.9 Å². The number of amides is 1. The molecular weight excluding hydrogens is 302 g/mol. The fourth-order valence-electron chi connectivity index (χ4n) is 2.78. The number of hydrogen-bond donors (Lipinski definition) is 2. The summed E-state index contributed by atoms with van der Waals surface area (Å²) in [7, 11) is 1.83. The number of likely N-dealkylation sites (N-methyl/N-ethyl adjacent to an activating group) is 1. The monoisotopic (exact) mass is 325 g/mol. The zero-order valence-electron chi connectivity index (χ0n) is 14.0. The van der Waals surface area contributed by atoms with Gasteiger partial charge < -0.3 is 9.64 Å². The van der Waals surface area contributed by atoms with Gasteiger partial charge in [-0.25, -0.2) is 5.43 Å². The van der Waals surface area contributed by atoms with Crippen molar-refractivity contribution in [3.63, 3.8) is 0 Å². The lowest BCUT2D eigenvalue weighted by Gasteiger charge is -2.21. The third-order valence-corrected chi connectivity index (χ3v) is 4.09. The van der Waals surface area contributed by atoms with Crippen LogP contribution in [0.3, 0.4) is 0 Å². The molecule has 5 nitrogen and oxygen atoms in total. The summed E-state index contributed by atoms with van der Waals surface area (Å²) in [4.78, 5) is 14.2. The second kappa shape index (κ2) is 7.47. The van der Waals surface area contributed by atoms with Crippen LogP contribution in [0.15, 0.2) is 54.6 Å². The molecule has 1 aliphatic rings. The first kappa shape index (κ1) is 16.5. The van der Waals surface area contributed by atoms with Gasteiger partial charge in [0.1, 0.15) is 17.5 Å². The number of para-hydroxylation sites is 1. The summed E-state index contributed by atoms with van der Waals surface area (Å²) in [5.41, 5.74) is 7.21. The van der Waals surface area contributed by atoms with E-state index >= 15 is 0 Å². The first-order valence-corrected chi connectivity index (χ1v) is 8.19. The van der Waals surface area contributed by atoms with E-state index < -0.39 is 0 Å². The van der Waals surface area contributed by atoms with Crippen molar-refractivity contribution >= 4 is 5.91 Å². The summed E-state index contributed by atoms with van der Waals surface area (Å²) >= 11 is 0. The van der Waals surface area contributed by atoms with Crippen molar-refractivity contribution in [1.82, 2.24) is 15.8 Å². The van der Waals surface area contributed by atoms with Gasteiger partial charge in [0, 0.05) is 19.6 Å². The molecule has 5 heteroatoms. The van der Waals surface area contributed by atoms with Crippen LogP contribution in [0, 0.1) is 0 Å². The Bertz CT molecular complexity index is 673. The van der Waals surface area contributed by atoms with E-state index in [2.05, 4.69) is 17.8 Å². The van der Waals surface area contributed by atoms with Gasteiger partial charge in [-0.2, -0.15) is 0 Å². The molecule has 24 heavy (non-hydrogen) atoms. The van der Waals surface area contributed by atoms with E-state index in [1.807, 2.05) is 61.6 Å². The molecule has 0 radical (unpaired) electrons. The van der Waals surface area contributed by atoms with Gasteiger partial charge >= 0.3 is 0 Å². The maximum Gasteiger partial charge on any atom is 0.241 e. The molecule has 3 rings (SSSR count). The topological polar surface area (TPSA) is 53.6 Å². The normalized spacial score (nSPS) is 19.9. The Morgan fingerprint density at radius 3 is 2.38 bits per heavy atom. The standard InChI is InChI=1S/C19H23N3O2/c1-14-12-18(21-20-14)19(23)22(2)13-15-8-10-17(11-9-15)24-16-6-4-3-5-7-16/h3-11,14,18,20-21H,12-13H2,1-2H3. The van der Waals surface area contributed by atoms with Crippen LogP contribution >= 0.6 is 0 Å². The first-order chi connectivity index (χ1) is 11.6. The molecule has 0 aliphatic carbocycles. The molecule has 1 aliphatic heterocycles. The van der Waals surface area contributed by atoms with Crippen molar-refractivity contribution < 1.29 is 9.53 Å². The molecular formula is C19H23N3O2. The van der Waals surface area contributed by atoms with Gasteiger partial charge in [-0.15, -0.1) is 0 Å². The number of carbonyl (C=O) groups is 1. The summed E-state index contributed by atoms with van der Waals surface area (Å²) in [5.74, 6) is 1.71. The summed E-state index contributed by atoms with van der Waals surface area (Å²) < 4.78 is 5.78. The first-order valence-electron chi connectivity index (χ1n) is 8.19. The van der Waals surface area contributed by atoms with Crippen molar-refractivity contribution in [2.24, 2.45) is 0 Å². The van der Waals surface area contributed by atoms with Gasteiger partial charge in [0.25, 0.3) is 0 Å². The van der Waals surface area contributed by atoms with E-state index in [0.29, 0.717) is 12.6 Å². The van der Waals surface area contributed by atoms with Crippen LogP contribution in [0.5, 0.6) is 11.5 Å². The maximum absolute atomic E-state index is 12.4. The summed E-state index contributed by atoms with van der Waals surface area (Å²) in [5, 5.41) is 0. The number of rotatable bonds is 5. The predicted octanol–water partition coefficient (Wildman–Crippen LogP) is 2.69. The van der Waals surface area contributed by atoms with Crippen molar-refractivity contribution in [2.45, 2.75) is 32.0 Å². The van der Waals surface area contributed by atoms with Gasteiger partial charge in [0.2, 0.25) is 5.91 Å². The zero-order valence-corrected chi connectivity index (χ0v) is 14.0. The van der Waals surface area contributed by atoms with Gasteiger partial charge in [0.05, 0.1) is 0 Å². The highest BCUT2D eigenvalue weighted by atomic mass is 16.5. The average molecular weight is 325 g/mol. The Kier molecular flexibility index (Phi) is 5.13. The molecule has 1 saturated heterocycles. The van der Waals surface area contributed by atoms with Crippen LogP contribution in [0.2, 0.25) is 0 Å². The van der Waals surface area contributed by atoms with Crippen molar-refractivity contribution in [3.05, 3.63) is 60.2 Å². The van der Waals surface area contributed by atoms with Gasteiger partial charge in [-0.3, -0.25) is 10.2 Å². The number of hydrazine groups is 1. The van der Waals surface area contributed by atoms with Gasteiger partial charge in [-0.05, 0) is 43.2 Å². The molecule has 0 bridgehead atoms. The molecule has 0 aromatic heterocycles. The fourth-order valence-corrected chi connectivity index (χ4v) is 2.78. The minimum atomic E-state index is -0.148. The molecule has 2 aromatic rings. The molecule has 1 heterocycles. The summed E-state index contributed by atoms with van der Waals surface area (Å²) in [6.07, 6.45) is 0.813. The quantitative estimate of drug-likeness (QED) is 0.887. The number of nitrogens with zero attached hydrogens (tertiary/aromatic N) is 1. The summed E-state index contributed by atoms with van der Waals surface area (Å²) in [6.45, 7) is 2.64. The minimum Gasteiger partial charge on any atom is -0.457 e. The predicted molar refractivity (Wildman–Crippen MR) is 93.6 cm³/mol. The van der Waals surface area contributed by atoms with Crippen molar-refractivity contribution in [1.29, 1.82) is 0 Å². The maximum atomic E-state index is 12.4. The number of hydrogen-bond acceptors (Lipinski definition) is 4.